The number of anilines is 2. The van der Waals surface area contributed by atoms with Crippen molar-refractivity contribution in [3.05, 3.63) is 70.0 Å². The largest absolute Gasteiger partial charge is 0.389 e. The number of nitrogens with one attached hydrogen (secondary N) is 1. The number of benzene rings is 1. The number of nitrogens with two attached hydrogens (primary N) is 1. The molecule has 0 fully saturated rings. The van der Waals surface area contributed by atoms with Crippen LogP contribution in [0.2, 0.25) is 0 Å². The minimum absolute atomic E-state index is 0.127. The van der Waals surface area contributed by atoms with E-state index >= 15 is 0 Å². The van der Waals surface area contributed by atoms with Crippen LogP contribution in [-0.4, -0.2) is 52.2 Å². The van der Waals surface area contributed by atoms with E-state index in [1.165, 1.54) is 17.0 Å². The van der Waals surface area contributed by atoms with Gasteiger partial charge in [-0.05, 0) is 71.2 Å². The topological polar surface area (TPSA) is 165 Å². The summed E-state index contributed by atoms with van der Waals surface area (Å²) >= 11 is 0. The van der Waals surface area contributed by atoms with Crippen LogP contribution in [0.5, 0.6) is 0 Å². The van der Waals surface area contributed by atoms with Gasteiger partial charge >= 0.3 is 0 Å². The van der Waals surface area contributed by atoms with Crippen molar-refractivity contribution in [1.29, 1.82) is 0 Å². The van der Waals surface area contributed by atoms with Gasteiger partial charge in [0.25, 0.3) is 11.5 Å². The smallest absolute Gasteiger partial charge is 0.264 e. The standard InChI is InChI=1S/C31H36N6O5/c1-17(31(4,5)42)37-23-7-6-8-24(38)20(23)13-21(29(37)40)28(39)35-19-11-9-18(10-12-19)22-14-36(15-30(2,3)41)27-25(22)26(32)33-16-34-27/h9-14,16-17,41-42H,6-8,15H2,1-5H3,(H,35,39)(H2,32,33,34). The first-order valence-electron chi connectivity index (χ1n) is 13.9. The van der Waals surface area contributed by atoms with Gasteiger partial charge in [-0.15, -0.1) is 0 Å². The maximum absolute atomic E-state index is 13.6. The van der Waals surface area contributed by atoms with E-state index in [9.17, 15) is 24.6 Å². The molecular formula is C31H36N6O5. The predicted octanol–water partition coefficient (Wildman–Crippen LogP) is 3.72. The number of aliphatic hydroxyl groups is 2. The fourth-order valence-corrected chi connectivity index (χ4v) is 5.44. The molecule has 11 heteroatoms. The molecule has 0 radical (unpaired) electrons. The number of Topliss-reactive ketones (excluding diaryl/α,β-unsaturated/α-hetero) is 1. The second-order valence-electron chi connectivity index (χ2n) is 12.2. The fourth-order valence-electron chi connectivity index (χ4n) is 5.44. The van der Waals surface area contributed by atoms with E-state index in [-0.39, 0.29) is 11.3 Å². The molecular weight excluding hydrogens is 536 g/mol. The molecule has 1 amide bonds. The van der Waals surface area contributed by atoms with Crippen molar-refractivity contribution in [3.8, 4) is 11.1 Å². The van der Waals surface area contributed by atoms with Crippen molar-refractivity contribution in [2.24, 2.45) is 0 Å². The second kappa shape index (κ2) is 10.5. The number of carbonyl (C=O) groups is 2. The molecule has 0 saturated heterocycles. The number of hydrogen-bond donors (Lipinski definition) is 4. The Morgan fingerprint density at radius 1 is 1.07 bits per heavy atom. The normalized spacial score (nSPS) is 14.6. The number of nitrogen functional groups attached to an aromatic ring is 1. The minimum atomic E-state index is -1.26. The molecule has 1 unspecified atom stereocenters. The molecule has 4 aromatic rings. The van der Waals surface area contributed by atoms with Gasteiger partial charge in [-0.2, -0.15) is 0 Å². The molecule has 0 aliphatic heterocycles. The van der Waals surface area contributed by atoms with Crippen LogP contribution in [-0.2, 0) is 13.0 Å². The molecule has 1 aliphatic carbocycles. The van der Waals surface area contributed by atoms with E-state index in [1.807, 2.05) is 10.8 Å². The number of rotatable bonds is 7. The molecule has 5 N–H and O–H groups in total. The van der Waals surface area contributed by atoms with Crippen LogP contribution in [0.1, 0.15) is 79.9 Å². The molecule has 220 valence electrons. The van der Waals surface area contributed by atoms with Gasteiger partial charge in [0.2, 0.25) is 0 Å². The first-order chi connectivity index (χ1) is 19.7. The van der Waals surface area contributed by atoms with Crippen LogP contribution in [0, 0.1) is 0 Å². The Morgan fingerprint density at radius 2 is 1.76 bits per heavy atom. The van der Waals surface area contributed by atoms with Gasteiger partial charge in [-0.1, -0.05) is 12.1 Å². The summed E-state index contributed by atoms with van der Waals surface area (Å²) in [5.74, 6) is -0.469. The maximum atomic E-state index is 13.6. The Kier molecular flexibility index (Phi) is 7.28. The average molecular weight is 573 g/mol. The summed E-state index contributed by atoms with van der Waals surface area (Å²) in [7, 11) is 0. The van der Waals surface area contributed by atoms with E-state index in [0.29, 0.717) is 59.6 Å². The van der Waals surface area contributed by atoms with Gasteiger partial charge < -0.3 is 30.4 Å². The molecule has 1 aliphatic rings. The zero-order valence-electron chi connectivity index (χ0n) is 24.4. The molecule has 0 saturated carbocycles. The van der Waals surface area contributed by atoms with E-state index in [0.717, 1.165) is 11.1 Å². The highest BCUT2D eigenvalue weighted by Crippen LogP contribution is 2.34. The van der Waals surface area contributed by atoms with Crippen molar-refractivity contribution in [1.82, 2.24) is 19.1 Å². The van der Waals surface area contributed by atoms with Crippen LogP contribution in [0.25, 0.3) is 22.2 Å². The fraction of sp³-hybridized carbons (Fsp3) is 0.387. The van der Waals surface area contributed by atoms with Crippen molar-refractivity contribution in [2.45, 2.75) is 77.7 Å². The molecule has 0 spiro atoms. The molecule has 11 nitrogen and oxygen atoms in total. The number of aromatic nitrogens is 4. The highest BCUT2D eigenvalue weighted by molar-refractivity contribution is 6.07. The lowest BCUT2D eigenvalue weighted by Gasteiger charge is -2.32. The third-order valence-corrected chi connectivity index (χ3v) is 7.81. The summed E-state index contributed by atoms with van der Waals surface area (Å²) in [6.45, 7) is 8.60. The summed E-state index contributed by atoms with van der Waals surface area (Å²) in [5.41, 5.74) is 6.74. The van der Waals surface area contributed by atoms with Crippen LogP contribution in [0.3, 0.4) is 0 Å². The number of fused-ring (bicyclic) bond motifs is 2. The van der Waals surface area contributed by atoms with E-state index in [2.05, 4.69) is 15.3 Å². The Labute approximate surface area is 243 Å². The molecule has 1 aromatic carbocycles. The van der Waals surface area contributed by atoms with Crippen LogP contribution < -0.4 is 16.6 Å². The summed E-state index contributed by atoms with van der Waals surface area (Å²) in [6, 6.07) is 7.73. The molecule has 5 rings (SSSR count). The van der Waals surface area contributed by atoms with Gasteiger partial charge in [-0.25, -0.2) is 9.97 Å². The van der Waals surface area contributed by atoms with Gasteiger partial charge in [0.15, 0.2) is 5.78 Å². The average Bonchev–Trinajstić information content (AvgIpc) is 3.26. The third kappa shape index (κ3) is 5.45. The number of pyridine rings is 1. The van der Waals surface area contributed by atoms with Crippen LogP contribution >= 0.6 is 0 Å². The number of amides is 1. The number of carbonyl (C=O) groups excluding carboxylic acids is 2. The highest BCUT2D eigenvalue weighted by Gasteiger charge is 2.32. The zero-order valence-corrected chi connectivity index (χ0v) is 24.4. The maximum Gasteiger partial charge on any atom is 0.264 e. The number of nitrogens with zero attached hydrogens (tertiary/aromatic N) is 4. The van der Waals surface area contributed by atoms with Gasteiger partial charge in [0, 0.05) is 35.1 Å². The first kappa shape index (κ1) is 29.2. The molecule has 42 heavy (non-hydrogen) atoms. The lowest BCUT2D eigenvalue weighted by molar-refractivity contribution is 0.0276. The quantitative estimate of drug-likeness (QED) is 0.260. The number of ketones is 1. The number of hydrogen-bond acceptors (Lipinski definition) is 8. The SMILES string of the molecule is CC(n1c2c(cc(C(=O)Nc3ccc(-c4cn(CC(C)(C)O)c5ncnc(N)c45)cc3)c1=O)C(=O)CCC2)C(C)(C)O. The summed E-state index contributed by atoms with van der Waals surface area (Å²) in [4.78, 5) is 48.3. The zero-order chi connectivity index (χ0) is 30.6. The van der Waals surface area contributed by atoms with Crippen molar-refractivity contribution < 1.29 is 19.8 Å². The van der Waals surface area contributed by atoms with Gasteiger partial charge in [0.1, 0.15) is 23.4 Å². The molecule has 3 heterocycles. The molecule has 0 bridgehead atoms. The summed E-state index contributed by atoms with van der Waals surface area (Å²) in [6.07, 6.45) is 4.70. The molecule has 1 atom stereocenters. The monoisotopic (exact) mass is 572 g/mol. The van der Waals surface area contributed by atoms with Gasteiger partial charge in [0.05, 0.1) is 29.2 Å². The van der Waals surface area contributed by atoms with Crippen molar-refractivity contribution in [3.63, 3.8) is 0 Å². The Morgan fingerprint density at radius 3 is 2.40 bits per heavy atom. The Bertz CT molecular complexity index is 1760. The van der Waals surface area contributed by atoms with E-state index < -0.39 is 28.7 Å². The predicted molar refractivity (Wildman–Crippen MR) is 161 cm³/mol. The Hall–Kier alpha value is -4.35. The summed E-state index contributed by atoms with van der Waals surface area (Å²) in [5, 5.41) is 24.5. The molecule has 3 aromatic heterocycles. The minimum Gasteiger partial charge on any atom is -0.389 e. The third-order valence-electron chi connectivity index (χ3n) is 7.81. The highest BCUT2D eigenvalue weighted by atomic mass is 16.3. The lowest BCUT2D eigenvalue weighted by atomic mass is 9.91. The van der Waals surface area contributed by atoms with Gasteiger partial charge in [-0.3, -0.25) is 14.4 Å². The second-order valence-corrected chi connectivity index (χ2v) is 12.2. The van der Waals surface area contributed by atoms with Crippen molar-refractivity contribution in [2.75, 3.05) is 11.1 Å². The summed E-state index contributed by atoms with van der Waals surface area (Å²) < 4.78 is 3.23. The first-order valence-corrected chi connectivity index (χ1v) is 13.9. The van der Waals surface area contributed by atoms with Crippen LogP contribution in [0.4, 0.5) is 11.5 Å². The van der Waals surface area contributed by atoms with E-state index in [4.69, 9.17) is 5.73 Å². The Balaban J connectivity index is 1.49. The van der Waals surface area contributed by atoms with Crippen molar-refractivity contribution >= 4 is 34.2 Å². The van der Waals surface area contributed by atoms with E-state index in [1.54, 1.807) is 58.9 Å². The van der Waals surface area contributed by atoms with Crippen LogP contribution in [0.15, 0.2) is 47.7 Å². The lowest BCUT2D eigenvalue weighted by Crippen LogP contribution is -2.42.